The lowest BCUT2D eigenvalue weighted by Crippen LogP contribution is -2.38. The third-order valence-corrected chi connectivity index (χ3v) is 4.43. The zero-order valence-corrected chi connectivity index (χ0v) is 15.7. The first-order chi connectivity index (χ1) is 14.0. The number of nitrogens with one attached hydrogen (secondary N) is 2. The van der Waals surface area contributed by atoms with E-state index in [1.807, 2.05) is 6.07 Å². The van der Waals surface area contributed by atoms with Crippen LogP contribution < -0.4 is 16.6 Å². The van der Waals surface area contributed by atoms with Crippen LogP contribution in [-0.4, -0.2) is 44.8 Å². The van der Waals surface area contributed by atoms with Gasteiger partial charge in [0.2, 0.25) is 5.91 Å². The molecular weight excluding hydrogens is 378 g/mol. The molecule has 0 spiro atoms. The first kappa shape index (κ1) is 18.3. The van der Waals surface area contributed by atoms with Crippen LogP contribution in [0.1, 0.15) is 5.82 Å². The van der Waals surface area contributed by atoms with Crippen LogP contribution >= 0.6 is 0 Å². The maximum atomic E-state index is 12.3. The molecule has 0 aromatic carbocycles. The van der Waals surface area contributed by atoms with Crippen molar-refractivity contribution in [3.63, 3.8) is 0 Å². The molecule has 12 nitrogen and oxygen atoms in total. The Hall–Kier alpha value is -4.09. The molecule has 0 fully saturated rings. The van der Waals surface area contributed by atoms with E-state index in [0.29, 0.717) is 11.6 Å². The molecule has 0 bridgehead atoms. The third kappa shape index (κ3) is 3.31. The summed E-state index contributed by atoms with van der Waals surface area (Å²) >= 11 is 0. The lowest BCUT2D eigenvalue weighted by molar-refractivity contribution is -0.121. The average Bonchev–Trinajstić information content (AvgIpc) is 3.37. The number of H-pyrrole nitrogens is 1. The molecule has 0 radical (unpaired) electrons. The van der Waals surface area contributed by atoms with E-state index < -0.39 is 11.2 Å². The maximum Gasteiger partial charge on any atom is 0.332 e. The maximum absolute atomic E-state index is 12.3. The van der Waals surface area contributed by atoms with Crippen LogP contribution in [0.2, 0.25) is 0 Å². The van der Waals surface area contributed by atoms with E-state index in [2.05, 4.69) is 30.5 Å². The largest absolute Gasteiger partial charge is 0.347 e. The summed E-state index contributed by atoms with van der Waals surface area (Å²) in [5, 5.41) is 9.59. The Kier molecular flexibility index (Phi) is 4.50. The Morgan fingerprint density at radius 2 is 2.07 bits per heavy atom. The van der Waals surface area contributed by atoms with Crippen molar-refractivity contribution < 1.29 is 4.79 Å². The summed E-state index contributed by atoms with van der Waals surface area (Å²) in [5.74, 6) is 0.625. The van der Waals surface area contributed by atoms with Gasteiger partial charge in [0, 0.05) is 32.1 Å². The van der Waals surface area contributed by atoms with Crippen LogP contribution in [-0.2, 0) is 32.0 Å². The summed E-state index contributed by atoms with van der Waals surface area (Å²) in [6.45, 7) is 0.0277. The summed E-state index contributed by atoms with van der Waals surface area (Å²) in [4.78, 5) is 49.0. The molecule has 148 valence electrons. The number of imidazole rings is 1. The van der Waals surface area contributed by atoms with E-state index in [4.69, 9.17) is 0 Å². The normalized spacial score (nSPS) is 11.1. The monoisotopic (exact) mass is 395 g/mol. The Morgan fingerprint density at radius 3 is 2.83 bits per heavy atom. The lowest BCUT2D eigenvalue weighted by atomic mass is 10.3. The van der Waals surface area contributed by atoms with Gasteiger partial charge in [-0.1, -0.05) is 0 Å². The second kappa shape index (κ2) is 7.14. The lowest BCUT2D eigenvalue weighted by Gasteiger charge is -2.08. The third-order valence-electron chi connectivity index (χ3n) is 4.43. The van der Waals surface area contributed by atoms with Crippen molar-refractivity contribution in [2.24, 2.45) is 14.1 Å². The second-order valence-electron chi connectivity index (χ2n) is 6.37. The van der Waals surface area contributed by atoms with Crippen molar-refractivity contribution in [2.75, 3.05) is 0 Å². The summed E-state index contributed by atoms with van der Waals surface area (Å²) in [5.41, 5.74) is 0.167. The molecule has 29 heavy (non-hydrogen) atoms. The van der Waals surface area contributed by atoms with E-state index >= 15 is 0 Å². The highest BCUT2D eigenvalue weighted by molar-refractivity contribution is 5.78. The van der Waals surface area contributed by atoms with Gasteiger partial charge in [-0.25, -0.2) is 14.8 Å². The van der Waals surface area contributed by atoms with Crippen LogP contribution in [0.25, 0.3) is 22.6 Å². The van der Waals surface area contributed by atoms with Crippen molar-refractivity contribution in [3.05, 3.63) is 57.5 Å². The highest BCUT2D eigenvalue weighted by Crippen LogP contribution is 2.11. The Labute approximate surface area is 162 Å². The number of aromatic amines is 1. The first-order valence-corrected chi connectivity index (χ1v) is 8.65. The topological polar surface area (TPSA) is 145 Å². The molecule has 2 N–H and O–H groups in total. The number of carbonyl (C=O) groups is 1. The molecular formula is C17H17N9O3. The fourth-order valence-corrected chi connectivity index (χ4v) is 2.95. The standard InChI is InChI=1S/C17H17N9O3/c1-24-15-13(16(28)25(2)17(24)29)20-9-26(15)8-12(27)19-7-11-21-14(23-22-11)10-4-3-5-18-6-10/h3-6,9H,7-8H2,1-2H3,(H,19,27)(H,21,22,23). The minimum atomic E-state index is -0.508. The van der Waals surface area contributed by atoms with Crippen molar-refractivity contribution in [2.45, 2.75) is 13.1 Å². The van der Waals surface area contributed by atoms with Gasteiger partial charge < -0.3 is 9.88 Å². The second-order valence-corrected chi connectivity index (χ2v) is 6.37. The molecule has 4 rings (SSSR count). The van der Waals surface area contributed by atoms with E-state index in [9.17, 15) is 14.4 Å². The molecule has 0 aliphatic heterocycles. The smallest absolute Gasteiger partial charge is 0.332 e. The minimum absolute atomic E-state index is 0.111. The fourth-order valence-electron chi connectivity index (χ4n) is 2.95. The highest BCUT2D eigenvalue weighted by atomic mass is 16.2. The Balaban J connectivity index is 1.48. The number of aryl methyl sites for hydroxylation is 1. The first-order valence-electron chi connectivity index (χ1n) is 8.65. The number of nitrogens with zero attached hydrogens (tertiary/aromatic N) is 7. The molecule has 4 aromatic heterocycles. The number of rotatable bonds is 5. The van der Waals surface area contributed by atoms with Gasteiger partial charge in [0.15, 0.2) is 11.3 Å². The molecule has 1 amide bonds. The van der Waals surface area contributed by atoms with Crippen LogP contribution in [0.5, 0.6) is 0 Å². The summed E-state index contributed by atoms with van der Waals surface area (Å²) < 4.78 is 3.71. The number of fused-ring (bicyclic) bond motifs is 1. The molecule has 0 saturated carbocycles. The van der Waals surface area contributed by atoms with Crippen LogP contribution in [0.15, 0.2) is 40.4 Å². The summed E-state index contributed by atoms with van der Waals surface area (Å²) in [7, 11) is 2.90. The van der Waals surface area contributed by atoms with Gasteiger partial charge in [-0.2, -0.15) is 5.10 Å². The van der Waals surface area contributed by atoms with Crippen molar-refractivity contribution >= 4 is 17.1 Å². The quantitative estimate of drug-likeness (QED) is 0.437. The molecule has 12 heteroatoms. The van der Waals surface area contributed by atoms with Crippen LogP contribution in [0.4, 0.5) is 0 Å². The predicted octanol–water partition coefficient (Wildman–Crippen LogP) is -1.07. The number of aromatic nitrogens is 8. The van der Waals surface area contributed by atoms with Gasteiger partial charge in [0.1, 0.15) is 18.0 Å². The molecule has 0 aliphatic carbocycles. The fraction of sp³-hybridized carbons (Fsp3) is 0.235. The molecule has 0 unspecified atom stereocenters. The van der Waals surface area contributed by atoms with E-state index in [1.165, 1.54) is 29.6 Å². The Morgan fingerprint density at radius 1 is 1.24 bits per heavy atom. The molecule has 4 aromatic rings. The minimum Gasteiger partial charge on any atom is -0.347 e. The zero-order chi connectivity index (χ0) is 20.5. The van der Waals surface area contributed by atoms with E-state index in [0.717, 1.165) is 10.1 Å². The van der Waals surface area contributed by atoms with Crippen molar-refractivity contribution in [1.82, 2.24) is 44.2 Å². The van der Waals surface area contributed by atoms with Crippen LogP contribution in [0, 0.1) is 0 Å². The van der Waals surface area contributed by atoms with Crippen LogP contribution in [0.3, 0.4) is 0 Å². The van der Waals surface area contributed by atoms with E-state index in [-0.39, 0.29) is 30.2 Å². The van der Waals surface area contributed by atoms with Crippen molar-refractivity contribution in [3.8, 4) is 11.4 Å². The van der Waals surface area contributed by atoms with Gasteiger partial charge in [-0.05, 0) is 12.1 Å². The number of carbonyl (C=O) groups excluding carboxylic acids is 1. The van der Waals surface area contributed by atoms with Gasteiger partial charge in [-0.3, -0.25) is 28.8 Å². The van der Waals surface area contributed by atoms with Gasteiger partial charge >= 0.3 is 5.69 Å². The predicted molar refractivity (Wildman–Crippen MR) is 102 cm³/mol. The van der Waals surface area contributed by atoms with E-state index in [1.54, 1.807) is 18.5 Å². The number of hydrogen-bond acceptors (Lipinski definition) is 7. The number of pyridine rings is 1. The molecule has 0 saturated heterocycles. The SMILES string of the molecule is Cn1c(=O)c2ncn(CC(=O)NCc3nc(-c4cccnc4)n[nH]3)c2n(C)c1=O. The summed E-state index contributed by atoms with van der Waals surface area (Å²) in [6.07, 6.45) is 4.66. The number of hydrogen-bond donors (Lipinski definition) is 2. The van der Waals surface area contributed by atoms with Crippen molar-refractivity contribution in [1.29, 1.82) is 0 Å². The van der Waals surface area contributed by atoms with Gasteiger partial charge in [0.25, 0.3) is 5.56 Å². The molecule has 4 heterocycles. The zero-order valence-electron chi connectivity index (χ0n) is 15.7. The summed E-state index contributed by atoms with van der Waals surface area (Å²) in [6, 6.07) is 3.61. The average molecular weight is 395 g/mol. The van der Waals surface area contributed by atoms with Gasteiger partial charge in [-0.15, -0.1) is 0 Å². The Bertz CT molecular complexity index is 1310. The molecule has 0 atom stereocenters. The molecule has 0 aliphatic rings. The highest BCUT2D eigenvalue weighted by Gasteiger charge is 2.16. The van der Waals surface area contributed by atoms with Gasteiger partial charge in [0.05, 0.1) is 12.9 Å². The number of amides is 1.